The lowest BCUT2D eigenvalue weighted by atomic mass is 10.1. The van der Waals surface area contributed by atoms with Gasteiger partial charge in [0.1, 0.15) is 5.75 Å². The zero-order valence-electron chi connectivity index (χ0n) is 17.3. The standard InChI is InChI=1S/C23H26N4O2S/c1-3-4-5-10-15-28-19-14-9-7-12-17(19)21-24-18-13-8-6-11-16(18)20-22(29-21)25-23(30-2)27-26-20/h6-9,11-14,21,24H,3-5,10,15H2,1-2H3/t21-/m1/s1. The number of nitrogens with zero attached hydrogens (tertiary/aromatic N) is 3. The molecule has 2 heterocycles. The van der Waals surface area contributed by atoms with E-state index in [0.29, 0.717) is 23.3 Å². The van der Waals surface area contributed by atoms with Gasteiger partial charge in [0.2, 0.25) is 17.3 Å². The number of benzene rings is 2. The van der Waals surface area contributed by atoms with E-state index in [-0.39, 0.29) is 0 Å². The van der Waals surface area contributed by atoms with Crippen molar-refractivity contribution in [1.82, 2.24) is 15.2 Å². The van der Waals surface area contributed by atoms with Gasteiger partial charge in [-0.05, 0) is 30.9 Å². The molecule has 0 aliphatic carbocycles. The van der Waals surface area contributed by atoms with Crippen LogP contribution in [0.15, 0.2) is 53.7 Å². The molecule has 6 nitrogen and oxygen atoms in total. The Morgan fingerprint density at radius 2 is 1.87 bits per heavy atom. The van der Waals surface area contributed by atoms with Crippen molar-refractivity contribution in [3.63, 3.8) is 0 Å². The molecule has 3 aromatic rings. The van der Waals surface area contributed by atoms with E-state index in [9.17, 15) is 0 Å². The van der Waals surface area contributed by atoms with E-state index in [1.807, 2.05) is 54.8 Å². The lowest BCUT2D eigenvalue weighted by Gasteiger charge is -2.22. The summed E-state index contributed by atoms with van der Waals surface area (Å²) in [5, 5.41) is 12.7. The molecule has 4 rings (SSSR count). The molecule has 0 fully saturated rings. The Labute approximate surface area is 181 Å². The molecule has 7 heteroatoms. The molecular formula is C23H26N4O2S. The summed E-state index contributed by atoms with van der Waals surface area (Å²) in [6.07, 6.45) is 6.13. The SMILES string of the molecule is CCCCCCOc1ccccc1[C@@H]1Nc2ccccc2-c2nnc(SC)nc2O1. The van der Waals surface area contributed by atoms with Crippen molar-refractivity contribution in [2.45, 2.75) is 44.0 Å². The minimum Gasteiger partial charge on any atom is -0.493 e. The number of rotatable bonds is 8. The number of hydrogen-bond acceptors (Lipinski definition) is 7. The molecular weight excluding hydrogens is 396 g/mol. The first-order valence-electron chi connectivity index (χ1n) is 10.3. The average Bonchev–Trinajstić information content (AvgIpc) is 2.95. The number of aromatic nitrogens is 3. The van der Waals surface area contributed by atoms with E-state index in [1.54, 1.807) is 0 Å². The third-order valence-corrected chi connectivity index (χ3v) is 5.51. The molecule has 0 bridgehead atoms. The summed E-state index contributed by atoms with van der Waals surface area (Å²) in [5.41, 5.74) is 3.41. The molecule has 1 atom stereocenters. The summed E-state index contributed by atoms with van der Waals surface area (Å²) >= 11 is 1.44. The van der Waals surface area contributed by atoms with Crippen LogP contribution in [-0.2, 0) is 0 Å². The predicted octanol–water partition coefficient (Wildman–Crippen LogP) is 5.72. The van der Waals surface area contributed by atoms with Crippen LogP contribution in [-0.4, -0.2) is 28.0 Å². The van der Waals surface area contributed by atoms with Gasteiger partial charge in [0.05, 0.1) is 12.2 Å². The molecule has 1 aromatic heterocycles. The minimum absolute atomic E-state index is 0.453. The second-order valence-electron chi connectivity index (χ2n) is 7.09. The van der Waals surface area contributed by atoms with Gasteiger partial charge >= 0.3 is 0 Å². The molecule has 1 N–H and O–H groups in total. The van der Waals surface area contributed by atoms with Gasteiger partial charge in [0.15, 0.2) is 5.69 Å². The van der Waals surface area contributed by atoms with Crippen molar-refractivity contribution in [3.05, 3.63) is 54.1 Å². The van der Waals surface area contributed by atoms with Crippen LogP contribution in [0.2, 0.25) is 0 Å². The van der Waals surface area contributed by atoms with Gasteiger partial charge in [0, 0.05) is 11.3 Å². The smallest absolute Gasteiger partial charge is 0.247 e. The van der Waals surface area contributed by atoms with Crippen molar-refractivity contribution >= 4 is 17.4 Å². The molecule has 0 saturated heterocycles. The first-order chi connectivity index (χ1) is 14.8. The number of hydrogen-bond donors (Lipinski definition) is 1. The van der Waals surface area contributed by atoms with Crippen molar-refractivity contribution in [2.75, 3.05) is 18.2 Å². The fraction of sp³-hybridized carbons (Fsp3) is 0.348. The van der Waals surface area contributed by atoms with Crippen LogP contribution in [0.25, 0.3) is 11.3 Å². The summed E-state index contributed by atoms with van der Waals surface area (Å²) < 4.78 is 12.5. The maximum atomic E-state index is 6.34. The number of fused-ring (bicyclic) bond motifs is 3. The van der Waals surface area contributed by atoms with E-state index in [2.05, 4.69) is 27.4 Å². The highest BCUT2D eigenvalue weighted by atomic mass is 32.2. The first-order valence-corrected chi connectivity index (χ1v) is 11.6. The predicted molar refractivity (Wildman–Crippen MR) is 120 cm³/mol. The lowest BCUT2D eigenvalue weighted by Crippen LogP contribution is -2.18. The van der Waals surface area contributed by atoms with Gasteiger partial charge in [-0.2, -0.15) is 4.98 Å². The highest BCUT2D eigenvalue weighted by Crippen LogP contribution is 2.40. The van der Waals surface area contributed by atoms with Crippen LogP contribution >= 0.6 is 11.8 Å². The quantitative estimate of drug-likeness (QED) is 0.367. The van der Waals surface area contributed by atoms with Gasteiger partial charge in [0.25, 0.3) is 0 Å². The average molecular weight is 423 g/mol. The Hall–Kier alpha value is -2.80. The van der Waals surface area contributed by atoms with Crippen LogP contribution < -0.4 is 14.8 Å². The van der Waals surface area contributed by atoms with Crippen molar-refractivity contribution in [1.29, 1.82) is 0 Å². The Balaban J connectivity index is 1.66. The summed E-state index contributed by atoms with van der Waals surface area (Å²) in [5.74, 6) is 1.29. The zero-order valence-corrected chi connectivity index (χ0v) is 18.1. The number of unbranched alkanes of at least 4 members (excludes halogenated alkanes) is 3. The second-order valence-corrected chi connectivity index (χ2v) is 7.86. The third kappa shape index (κ3) is 4.51. The Bertz CT molecular complexity index is 998. The number of thioether (sulfide) groups is 1. The largest absolute Gasteiger partial charge is 0.493 e. The highest BCUT2D eigenvalue weighted by molar-refractivity contribution is 7.98. The maximum Gasteiger partial charge on any atom is 0.247 e. The van der Waals surface area contributed by atoms with Crippen LogP contribution in [0.5, 0.6) is 11.6 Å². The Morgan fingerprint density at radius 3 is 2.73 bits per heavy atom. The molecule has 30 heavy (non-hydrogen) atoms. The topological polar surface area (TPSA) is 69.2 Å². The van der Waals surface area contributed by atoms with Crippen molar-refractivity contribution in [2.24, 2.45) is 0 Å². The van der Waals surface area contributed by atoms with E-state index in [4.69, 9.17) is 9.47 Å². The van der Waals surface area contributed by atoms with Crippen LogP contribution in [0, 0.1) is 0 Å². The van der Waals surface area contributed by atoms with Crippen LogP contribution in [0.3, 0.4) is 0 Å². The second kappa shape index (κ2) is 9.80. The molecule has 0 saturated carbocycles. The fourth-order valence-electron chi connectivity index (χ4n) is 3.41. The summed E-state index contributed by atoms with van der Waals surface area (Å²) in [6.45, 7) is 2.90. The number of para-hydroxylation sites is 2. The number of anilines is 1. The molecule has 0 radical (unpaired) electrons. The Morgan fingerprint density at radius 1 is 1.03 bits per heavy atom. The third-order valence-electron chi connectivity index (χ3n) is 4.97. The monoisotopic (exact) mass is 422 g/mol. The van der Waals surface area contributed by atoms with Gasteiger partial charge < -0.3 is 14.8 Å². The van der Waals surface area contributed by atoms with E-state index >= 15 is 0 Å². The molecule has 1 aliphatic heterocycles. The zero-order chi connectivity index (χ0) is 20.8. The van der Waals surface area contributed by atoms with Crippen molar-refractivity contribution in [3.8, 4) is 22.9 Å². The van der Waals surface area contributed by atoms with E-state index in [0.717, 1.165) is 29.0 Å². The Kier molecular flexibility index (Phi) is 6.69. The van der Waals surface area contributed by atoms with Gasteiger partial charge in [-0.1, -0.05) is 68.3 Å². The van der Waals surface area contributed by atoms with Crippen LogP contribution in [0.4, 0.5) is 5.69 Å². The lowest BCUT2D eigenvalue weighted by molar-refractivity contribution is 0.215. The fourth-order valence-corrected chi connectivity index (χ4v) is 3.71. The molecule has 2 aromatic carbocycles. The summed E-state index contributed by atoms with van der Waals surface area (Å²) in [6, 6.07) is 16.0. The molecule has 0 unspecified atom stereocenters. The van der Waals surface area contributed by atoms with E-state index in [1.165, 1.54) is 31.0 Å². The molecule has 0 amide bonds. The first kappa shape index (κ1) is 20.5. The maximum absolute atomic E-state index is 6.34. The highest BCUT2D eigenvalue weighted by Gasteiger charge is 2.27. The van der Waals surface area contributed by atoms with Gasteiger partial charge in [-0.15, -0.1) is 10.2 Å². The van der Waals surface area contributed by atoms with Gasteiger partial charge in [-0.25, -0.2) is 0 Å². The molecule has 1 aliphatic rings. The van der Waals surface area contributed by atoms with E-state index < -0.39 is 6.23 Å². The van der Waals surface area contributed by atoms with Gasteiger partial charge in [-0.3, -0.25) is 0 Å². The number of nitrogens with one attached hydrogen (secondary N) is 1. The molecule has 0 spiro atoms. The summed E-state index contributed by atoms with van der Waals surface area (Å²) in [4.78, 5) is 4.58. The number of ether oxygens (including phenoxy) is 2. The minimum atomic E-state index is -0.453. The normalized spacial score (nSPS) is 14.7. The van der Waals surface area contributed by atoms with Crippen molar-refractivity contribution < 1.29 is 9.47 Å². The summed E-state index contributed by atoms with van der Waals surface area (Å²) in [7, 11) is 0. The van der Waals surface area contributed by atoms with Crippen LogP contribution in [0.1, 0.15) is 44.4 Å². The molecule has 156 valence electrons.